The van der Waals surface area contributed by atoms with Crippen molar-refractivity contribution in [2.75, 3.05) is 0 Å². The third-order valence-electron chi connectivity index (χ3n) is 5.68. The summed E-state index contributed by atoms with van der Waals surface area (Å²) >= 11 is 0. The number of nitrogens with two attached hydrogens (primary N) is 1. The second kappa shape index (κ2) is 11.7. The lowest BCUT2D eigenvalue weighted by Crippen LogP contribution is -2.54. The maximum atomic E-state index is 12.8. The Morgan fingerprint density at radius 2 is 1.69 bits per heavy atom. The van der Waals surface area contributed by atoms with Gasteiger partial charge in [0, 0.05) is 6.42 Å². The molecular formula is C24H37N3O4Si. The minimum Gasteiger partial charge on any atom is -0.445 e. The molecule has 0 unspecified atom stereocenters. The highest BCUT2D eigenvalue weighted by Gasteiger charge is 2.34. The van der Waals surface area contributed by atoms with E-state index in [1.165, 1.54) is 0 Å². The number of carbonyl (C=O) groups is 3. The van der Waals surface area contributed by atoms with Gasteiger partial charge in [0.15, 0.2) is 0 Å². The van der Waals surface area contributed by atoms with Crippen LogP contribution in [0.4, 0.5) is 4.79 Å². The topological polar surface area (TPSA) is 111 Å². The molecule has 0 fully saturated rings. The molecular weight excluding hydrogens is 422 g/mol. The van der Waals surface area contributed by atoms with Gasteiger partial charge in [-0.15, -0.1) is 11.5 Å². The van der Waals surface area contributed by atoms with E-state index in [0.29, 0.717) is 0 Å². The van der Waals surface area contributed by atoms with E-state index in [2.05, 4.69) is 56.0 Å². The minimum absolute atomic E-state index is 0.0816. The first-order valence-electron chi connectivity index (χ1n) is 10.8. The Hall–Kier alpha value is -2.79. The van der Waals surface area contributed by atoms with Gasteiger partial charge in [-0.1, -0.05) is 78.0 Å². The van der Waals surface area contributed by atoms with Crippen molar-refractivity contribution >= 4 is 26.0 Å². The van der Waals surface area contributed by atoms with Crippen LogP contribution in [0.5, 0.6) is 0 Å². The zero-order valence-electron chi connectivity index (χ0n) is 20.2. The minimum atomic E-state index is -1.84. The molecule has 3 amide bonds. The highest BCUT2D eigenvalue weighted by Crippen LogP contribution is 2.35. The molecule has 32 heavy (non-hydrogen) atoms. The summed E-state index contributed by atoms with van der Waals surface area (Å²) in [4.78, 5) is 36.9. The summed E-state index contributed by atoms with van der Waals surface area (Å²) < 4.78 is 5.21. The molecule has 1 rings (SSSR count). The van der Waals surface area contributed by atoms with Crippen LogP contribution in [-0.4, -0.2) is 38.1 Å². The molecule has 0 aliphatic carbocycles. The van der Waals surface area contributed by atoms with Crippen molar-refractivity contribution in [1.82, 2.24) is 10.6 Å². The molecule has 8 heteroatoms. The molecule has 0 bridgehead atoms. The van der Waals surface area contributed by atoms with E-state index < -0.39 is 38.1 Å². The molecule has 4 N–H and O–H groups in total. The SMILES string of the molecule is CC(C)[C@@H](NC(=O)OCc1ccccc1)C(=O)N[C@@H](CC#C[Si](C)(C)C(C)(C)C)C(N)=O. The highest BCUT2D eigenvalue weighted by molar-refractivity contribution is 6.87. The Morgan fingerprint density at radius 3 is 2.19 bits per heavy atom. The molecule has 0 aromatic heterocycles. The largest absolute Gasteiger partial charge is 0.445 e. The van der Waals surface area contributed by atoms with Crippen LogP contribution in [0.25, 0.3) is 0 Å². The van der Waals surface area contributed by atoms with Gasteiger partial charge in [-0.3, -0.25) is 9.59 Å². The number of hydrogen-bond acceptors (Lipinski definition) is 4. The van der Waals surface area contributed by atoms with Crippen LogP contribution in [0.3, 0.4) is 0 Å². The van der Waals surface area contributed by atoms with Gasteiger partial charge in [0.05, 0.1) is 0 Å². The first-order valence-corrected chi connectivity index (χ1v) is 13.8. The lowest BCUT2D eigenvalue weighted by Gasteiger charge is -2.31. The van der Waals surface area contributed by atoms with Crippen molar-refractivity contribution in [2.45, 2.75) is 77.9 Å². The van der Waals surface area contributed by atoms with E-state index in [0.717, 1.165) is 5.56 Å². The standard InChI is InChI=1S/C24H37N3O4Si/c1-17(2)20(27-23(30)31-16-18-12-9-8-10-13-18)22(29)26-19(21(25)28)14-11-15-32(6,7)24(3,4)5/h8-10,12-13,17,19-20H,14,16H2,1-7H3,(H2,25,28)(H,26,29)(H,27,30)/t19-,20+/m0/s1. The van der Waals surface area contributed by atoms with E-state index in [-0.39, 0.29) is 24.0 Å². The predicted molar refractivity (Wildman–Crippen MR) is 129 cm³/mol. The van der Waals surface area contributed by atoms with Crippen molar-refractivity contribution in [2.24, 2.45) is 11.7 Å². The van der Waals surface area contributed by atoms with E-state index in [4.69, 9.17) is 10.5 Å². The zero-order valence-corrected chi connectivity index (χ0v) is 21.2. The van der Waals surface area contributed by atoms with Gasteiger partial charge in [-0.25, -0.2) is 4.79 Å². The van der Waals surface area contributed by atoms with Crippen LogP contribution in [0.2, 0.25) is 18.1 Å². The summed E-state index contributed by atoms with van der Waals surface area (Å²) in [6.07, 6.45) is -0.590. The Morgan fingerprint density at radius 1 is 1.09 bits per heavy atom. The fraction of sp³-hybridized carbons (Fsp3) is 0.542. The molecule has 176 valence electrons. The summed E-state index contributed by atoms with van der Waals surface area (Å²) in [7, 11) is -1.84. The van der Waals surface area contributed by atoms with E-state index >= 15 is 0 Å². The maximum Gasteiger partial charge on any atom is 0.408 e. The number of alkyl carbamates (subject to hydrolysis) is 1. The lowest BCUT2D eigenvalue weighted by atomic mass is 10.0. The van der Waals surface area contributed by atoms with Gasteiger partial charge >= 0.3 is 6.09 Å². The van der Waals surface area contributed by atoms with Crippen molar-refractivity contribution in [3.05, 3.63) is 35.9 Å². The Labute approximate surface area is 192 Å². The second-order valence-electron chi connectivity index (χ2n) is 9.77. The summed E-state index contributed by atoms with van der Waals surface area (Å²) in [5, 5.41) is 5.29. The number of rotatable bonds is 8. The van der Waals surface area contributed by atoms with Crippen LogP contribution >= 0.6 is 0 Å². The van der Waals surface area contributed by atoms with Gasteiger partial charge in [0.2, 0.25) is 11.8 Å². The molecule has 0 spiro atoms. The number of amides is 3. The number of primary amides is 1. The van der Waals surface area contributed by atoms with Crippen molar-refractivity contribution in [3.8, 4) is 11.5 Å². The van der Waals surface area contributed by atoms with E-state index in [1.807, 2.05) is 30.3 Å². The zero-order chi connectivity index (χ0) is 24.5. The van der Waals surface area contributed by atoms with Gasteiger partial charge in [0.25, 0.3) is 0 Å². The second-order valence-corrected chi connectivity index (χ2v) is 14.8. The highest BCUT2D eigenvalue weighted by atomic mass is 28.3. The van der Waals surface area contributed by atoms with Gasteiger partial charge in [0.1, 0.15) is 26.8 Å². The fourth-order valence-electron chi connectivity index (χ4n) is 2.47. The van der Waals surface area contributed by atoms with Crippen LogP contribution in [0, 0.1) is 17.4 Å². The number of benzene rings is 1. The molecule has 0 radical (unpaired) electrons. The Kier molecular flexibility index (Phi) is 9.98. The monoisotopic (exact) mass is 459 g/mol. The van der Waals surface area contributed by atoms with Crippen LogP contribution in [-0.2, 0) is 20.9 Å². The molecule has 1 aromatic rings. The first-order chi connectivity index (χ1) is 14.7. The lowest BCUT2D eigenvalue weighted by molar-refractivity contribution is -0.129. The molecule has 0 aliphatic rings. The summed E-state index contributed by atoms with van der Waals surface area (Å²) in [5.74, 6) is 1.65. The van der Waals surface area contributed by atoms with E-state index in [9.17, 15) is 14.4 Å². The normalized spacial score (nSPS) is 13.4. The van der Waals surface area contributed by atoms with Gasteiger partial charge in [-0.05, 0) is 16.5 Å². The number of hydrogen-bond donors (Lipinski definition) is 3. The number of ether oxygens (including phenoxy) is 1. The average Bonchev–Trinajstić information content (AvgIpc) is 2.69. The third-order valence-corrected chi connectivity index (χ3v) is 10.2. The van der Waals surface area contributed by atoms with Crippen molar-refractivity contribution in [3.63, 3.8) is 0 Å². The molecule has 0 heterocycles. The van der Waals surface area contributed by atoms with Crippen molar-refractivity contribution in [1.29, 1.82) is 0 Å². The summed E-state index contributed by atoms with van der Waals surface area (Å²) in [5.41, 5.74) is 9.64. The Balaban J connectivity index is 2.77. The van der Waals surface area contributed by atoms with Crippen LogP contribution < -0.4 is 16.4 Å². The molecule has 0 saturated carbocycles. The third kappa shape index (κ3) is 8.75. The van der Waals surface area contributed by atoms with E-state index in [1.54, 1.807) is 13.8 Å². The first kappa shape index (κ1) is 27.2. The van der Waals surface area contributed by atoms with Gasteiger partial charge < -0.3 is 21.1 Å². The van der Waals surface area contributed by atoms with Crippen LogP contribution in [0.15, 0.2) is 30.3 Å². The molecule has 7 nitrogen and oxygen atoms in total. The molecule has 1 aromatic carbocycles. The Bertz CT molecular complexity index is 851. The molecule has 2 atom stereocenters. The van der Waals surface area contributed by atoms with Crippen LogP contribution in [0.1, 0.15) is 46.6 Å². The maximum absolute atomic E-state index is 12.8. The summed E-state index contributed by atoms with van der Waals surface area (Å²) in [6.45, 7) is 14.4. The van der Waals surface area contributed by atoms with Crippen molar-refractivity contribution < 1.29 is 19.1 Å². The number of nitrogens with one attached hydrogen (secondary N) is 2. The molecule has 0 saturated heterocycles. The number of carbonyl (C=O) groups excluding carboxylic acids is 3. The smallest absolute Gasteiger partial charge is 0.408 e. The fourth-order valence-corrected chi connectivity index (χ4v) is 3.39. The quantitative estimate of drug-likeness (QED) is 0.409. The molecule has 0 aliphatic heterocycles. The average molecular weight is 460 g/mol. The predicted octanol–water partition coefficient (Wildman–Crippen LogP) is 3.35. The van der Waals surface area contributed by atoms with Gasteiger partial charge in [-0.2, -0.15) is 0 Å². The summed E-state index contributed by atoms with van der Waals surface area (Å²) in [6, 6.07) is 7.41.